The molecule has 1 aromatic rings. The Hall–Kier alpha value is -2.08. The normalized spacial score (nSPS) is 19.6. The first-order chi connectivity index (χ1) is 12.5. The van der Waals surface area contributed by atoms with Crippen LogP contribution in [0.3, 0.4) is 0 Å². The fourth-order valence-electron chi connectivity index (χ4n) is 3.52. The minimum absolute atomic E-state index is 0.0108. The number of urea groups is 1. The first-order valence-corrected chi connectivity index (χ1v) is 9.63. The molecule has 6 heteroatoms. The molecule has 0 spiro atoms. The Morgan fingerprint density at radius 3 is 2.42 bits per heavy atom. The van der Waals surface area contributed by atoms with E-state index in [1.54, 1.807) is 0 Å². The summed E-state index contributed by atoms with van der Waals surface area (Å²) in [5.74, 6) is 0.687. The monoisotopic (exact) mass is 358 g/mol. The molecule has 0 bridgehead atoms. The maximum Gasteiger partial charge on any atom is 0.317 e. The van der Waals surface area contributed by atoms with Crippen molar-refractivity contribution in [2.45, 2.75) is 44.7 Å². The van der Waals surface area contributed by atoms with Crippen LogP contribution in [0, 0.1) is 5.92 Å². The molecule has 1 aromatic carbocycles. The molecule has 3 amide bonds. The molecule has 3 rings (SSSR count). The summed E-state index contributed by atoms with van der Waals surface area (Å²) < 4.78 is 0. The van der Waals surface area contributed by atoms with Crippen LogP contribution in [-0.4, -0.2) is 60.5 Å². The Labute approximate surface area is 155 Å². The van der Waals surface area contributed by atoms with Crippen molar-refractivity contribution in [1.29, 1.82) is 0 Å². The summed E-state index contributed by atoms with van der Waals surface area (Å²) >= 11 is 0. The Morgan fingerprint density at radius 2 is 1.81 bits per heavy atom. The summed E-state index contributed by atoms with van der Waals surface area (Å²) in [6, 6.07) is 10.1. The lowest BCUT2D eigenvalue weighted by atomic mass is 10.1. The minimum Gasteiger partial charge on any atom is -0.335 e. The third kappa shape index (κ3) is 5.21. The summed E-state index contributed by atoms with van der Waals surface area (Å²) in [6.45, 7) is 4.18. The second-order valence-electron chi connectivity index (χ2n) is 7.60. The SMILES string of the molecule is CC(C1CC1)N(C)C(=O)NC1CCN(CC(=O)Nc2ccccc2)CC1. The van der Waals surface area contributed by atoms with Gasteiger partial charge in [0.15, 0.2) is 0 Å². The van der Waals surface area contributed by atoms with Crippen LogP contribution in [0.1, 0.15) is 32.6 Å². The van der Waals surface area contributed by atoms with Crippen molar-refractivity contribution >= 4 is 17.6 Å². The lowest BCUT2D eigenvalue weighted by Gasteiger charge is -2.34. The van der Waals surface area contributed by atoms with Gasteiger partial charge in [0, 0.05) is 37.9 Å². The van der Waals surface area contributed by atoms with Gasteiger partial charge < -0.3 is 15.5 Å². The quantitative estimate of drug-likeness (QED) is 0.821. The summed E-state index contributed by atoms with van der Waals surface area (Å²) in [4.78, 5) is 28.5. The smallest absolute Gasteiger partial charge is 0.317 e. The number of rotatable bonds is 6. The maximum absolute atomic E-state index is 12.4. The summed E-state index contributed by atoms with van der Waals surface area (Å²) in [6.07, 6.45) is 4.25. The number of anilines is 1. The predicted molar refractivity (Wildman–Crippen MR) is 103 cm³/mol. The molecule has 2 fully saturated rings. The van der Waals surface area contributed by atoms with Crippen molar-refractivity contribution in [1.82, 2.24) is 15.1 Å². The molecule has 2 aliphatic rings. The number of carbonyl (C=O) groups is 2. The van der Waals surface area contributed by atoms with Crippen LogP contribution >= 0.6 is 0 Å². The number of carbonyl (C=O) groups excluding carboxylic acids is 2. The van der Waals surface area contributed by atoms with Gasteiger partial charge in [-0.2, -0.15) is 0 Å². The first kappa shape index (κ1) is 18.7. The number of para-hydroxylation sites is 1. The summed E-state index contributed by atoms with van der Waals surface area (Å²) in [5.41, 5.74) is 0.826. The Morgan fingerprint density at radius 1 is 1.15 bits per heavy atom. The van der Waals surface area contributed by atoms with Crippen LogP contribution in [-0.2, 0) is 4.79 Å². The molecule has 1 saturated carbocycles. The van der Waals surface area contributed by atoms with Gasteiger partial charge in [0.2, 0.25) is 5.91 Å². The zero-order chi connectivity index (χ0) is 18.5. The Kier molecular flexibility index (Phi) is 6.14. The van der Waals surface area contributed by atoms with Gasteiger partial charge in [0.1, 0.15) is 0 Å². The molecule has 1 atom stereocenters. The molecule has 26 heavy (non-hydrogen) atoms. The van der Waals surface area contributed by atoms with E-state index < -0.39 is 0 Å². The number of nitrogens with one attached hydrogen (secondary N) is 2. The van der Waals surface area contributed by atoms with E-state index in [2.05, 4.69) is 22.5 Å². The average Bonchev–Trinajstić information content (AvgIpc) is 3.48. The third-order valence-electron chi connectivity index (χ3n) is 5.58. The first-order valence-electron chi connectivity index (χ1n) is 9.63. The highest BCUT2D eigenvalue weighted by molar-refractivity contribution is 5.92. The molecule has 1 heterocycles. The van der Waals surface area contributed by atoms with Gasteiger partial charge >= 0.3 is 6.03 Å². The Bertz CT molecular complexity index is 609. The van der Waals surface area contributed by atoms with E-state index in [4.69, 9.17) is 0 Å². The maximum atomic E-state index is 12.4. The molecule has 6 nitrogen and oxygen atoms in total. The van der Waals surface area contributed by atoms with Crippen molar-refractivity contribution in [3.63, 3.8) is 0 Å². The lowest BCUT2D eigenvalue weighted by molar-refractivity contribution is -0.117. The highest BCUT2D eigenvalue weighted by atomic mass is 16.2. The van der Waals surface area contributed by atoms with Gasteiger partial charge in [-0.05, 0) is 50.7 Å². The fourth-order valence-corrected chi connectivity index (χ4v) is 3.52. The number of hydrogen-bond acceptors (Lipinski definition) is 3. The summed E-state index contributed by atoms with van der Waals surface area (Å²) in [7, 11) is 1.89. The van der Waals surface area contributed by atoms with E-state index in [0.29, 0.717) is 18.5 Å². The van der Waals surface area contributed by atoms with Crippen LogP contribution in [0.5, 0.6) is 0 Å². The van der Waals surface area contributed by atoms with Crippen molar-refractivity contribution in [3.8, 4) is 0 Å². The molecule has 1 aliphatic carbocycles. The zero-order valence-electron chi connectivity index (χ0n) is 15.8. The topological polar surface area (TPSA) is 64.7 Å². The van der Waals surface area contributed by atoms with Crippen molar-refractivity contribution in [2.24, 2.45) is 5.92 Å². The van der Waals surface area contributed by atoms with Gasteiger partial charge in [0.25, 0.3) is 0 Å². The number of nitrogens with zero attached hydrogens (tertiary/aromatic N) is 2. The van der Waals surface area contributed by atoms with Gasteiger partial charge in [-0.15, -0.1) is 0 Å². The molecule has 142 valence electrons. The third-order valence-corrected chi connectivity index (χ3v) is 5.58. The lowest BCUT2D eigenvalue weighted by Crippen LogP contribution is -2.51. The number of piperidine rings is 1. The zero-order valence-corrected chi connectivity index (χ0v) is 15.8. The summed E-state index contributed by atoms with van der Waals surface area (Å²) in [5, 5.41) is 6.08. The second-order valence-corrected chi connectivity index (χ2v) is 7.60. The van der Waals surface area contributed by atoms with E-state index in [9.17, 15) is 9.59 Å². The van der Waals surface area contributed by atoms with E-state index in [1.165, 1.54) is 12.8 Å². The highest BCUT2D eigenvalue weighted by Crippen LogP contribution is 2.34. The minimum atomic E-state index is 0.0108. The Balaban J connectivity index is 1.37. The highest BCUT2D eigenvalue weighted by Gasteiger charge is 2.33. The fraction of sp³-hybridized carbons (Fsp3) is 0.600. The van der Waals surface area contributed by atoms with Crippen LogP contribution in [0.2, 0.25) is 0 Å². The number of hydrogen-bond donors (Lipinski definition) is 2. The van der Waals surface area contributed by atoms with Crippen molar-refractivity contribution < 1.29 is 9.59 Å². The van der Waals surface area contributed by atoms with E-state index in [1.807, 2.05) is 42.3 Å². The average molecular weight is 358 g/mol. The van der Waals surface area contributed by atoms with Crippen LogP contribution in [0.25, 0.3) is 0 Å². The molecule has 2 N–H and O–H groups in total. The van der Waals surface area contributed by atoms with Crippen LogP contribution in [0.15, 0.2) is 30.3 Å². The van der Waals surface area contributed by atoms with Gasteiger partial charge in [-0.3, -0.25) is 9.69 Å². The molecule has 0 aromatic heterocycles. The number of benzene rings is 1. The standard InChI is InChI=1S/C20H30N4O2/c1-15(16-8-9-16)23(2)20(26)22-18-10-12-24(13-11-18)14-19(25)21-17-6-4-3-5-7-17/h3-7,15-16,18H,8-14H2,1-2H3,(H,21,25)(H,22,26). The molecular formula is C20H30N4O2. The predicted octanol–water partition coefficient (Wildman–Crippen LogP) is 2.53. The molecule has 0 radical (unpaired) electrons. The van der Waals surface area contributed by atoms with E-state index >= 15 is 0 Å². The van der Waals surface area contributed by atoms with E-state index in [0.717, 1.165) is 31.6 Å². The van der Waals surface area contributed by atoms with Crippen molar-refractivity contribution in [3.05, 3.63) is 30.3 Å². The number of likely N-dealkylation sites (tertiary alicyclic amines) is 1. The molecule has 1 unspecified atom stereocenters. The molecule has 1 aliphatic heterocycles. The largest absolute Gasteiger partial charge is 0.335 e. The van der Waals surface area contributed by atoms with E-state index in [-0.39, 0.29) is 18.0 Å². The molecular weight excluding hydrogens is 328 g/mol. The van der Waals surface area contributed by atoms with Crippen LogP contribution < -0.4 is 10.6 Å². The number of amides is 3. The van der Waals surface area contributed by atoms with Gasteiger partial charge in [0.05, 0.1) is 6.54 Å². The van der Waals surface area contributed by atoms with Gasteiger partial charge in [-0.25, -0.2) is 4.79 Å². The van der Waals surface area contributed by atoms with Crippen LogP contribution in [0.4, 0.5) is 10.5 Å². The van der Waals surface area contributed by atoms with Gasteiger partial charge in [-0.1, -0.05) is 18.2 Å². The van der Waals surface area contributed by atoms with Crippen molar-refractivity contribution in [2.75, 3.05) is 32.0 Å². The second kappa shape index (κ2) is 8.54. The molecule has 1 saturated heterocycles.